The minimum atomic E-state index is -0.462. The number of nitrogens with zero attached hydrogens (tertiary/aromatic N) is 1. The maximum atomic E-state index is 12.8. The summed E-state index contributed by atoms with van der Waals surface area (Å²) in [5.74, 6) is -1.43. The Balaban J connectivity index is 2.15. The van der Waals surface area contributed by atoms with Crippen LogP contribution in [0.15, 0.2) is 36.4 Å². The molecule has 26 heavy (non-hydrogen) atoms. The van der Waals surface area contributed by atoms with Gasteiger partial charge in [0.2, 0.25) is 11.8 Å². The number of anilines is 1. The lowest BCUT2D eigenvalue weighted by Crippen LogP contribution is -2.43. The van der Waals surface area contributed by atoms with E-state index >= 15 is 0 Å². The molecule has 1 aromatic rings. The second kappa shape index (κ2) is 9.17. The van der Waals surface area contributed by atoms with Crippen LogP contribution < -0.4 is 5.32 Å². The van der Waals surface area contributed by atoms with E-state index in [4.69, 9.17) is 4.74 Å². The number of carbonyl (C=O) groups excluding carboxylic acids is 3. The molecule has 0 saturated carbocycles. The first-order valence-electron chi connectivity index (χ1n) is 8.94. The van der Waals surface area contributed by atoms with Crippen molar-refractivity contribution in [3.63, 3.8) is 0 Å². The Morgan fingerprint density at radius 2 is 1.77 bits per heavy atom. The highest BCUT2D eigenvalue weighted by atomic mass is 16.5. The number of carbonyl (C=O) groups is 3. The van der Waals surface area contributed by atoms with Crippen molar-refractivity contribution in [1.82, 2.24) is 4.90 Å². The van der Waals surface area contributed by atoms with Crippen LogP contribution in [-0.2, 0) is 14.3 Å². The molecule has 0 spiro atoms. The topological polar surface area (TPSA) is 75.7 Å². The van der Waals surface area contributed by atoms with Crippen molar-refractivity contribution in [3.8, 4) is 0 Å². The smallest absolute Gasteiger partial charge is 0.337 e. The summed E-state index contributed by atoms with van der Waals surface area (Å²) in [7, 11) is 1.31. The summed E-state index contributed by atoms with van der Waals surface area (Å²) in [5.41, 5.74) is 0.881. The molecule has 140 valence electrons. The fourth-order valence-electron chi connectivity index (χ4n) is 3.22. The Kier molecular flexibility index (Phi) is 6.95. The van der Waals surface area contributed by atoms with Crippen molar-refractivity contribution in [2.75, 3.05) is 25.5 Å². The average Bonchev–Trinajstić information content (AvgIpc) is 2.68. The number of nitrogens with one attached hydrogen (secondary N) is 1. The molecule has 1 aliphatic rings. The van der Waals surface area contributed by atoms with Gasteiger partial charge in [-0.2, -0.15) is 0 Å². The molecule has 0 bridgehead atoms. The molecule has 0 radical (unpaired) electrons. The summed E-state index contributed by atoms with van der Waals surface area (Å²) in [4.78, 5) is 39.0. The third kappa shape index (κ3) is 4.50. The van der Waals surface area contributed by atoms with Crippen LogP contribution in [0.4, 0.5) is 5.69 Å². The van der Waals surface area contributed by atoms with Crippen molar-refractivity contribution in [1.29, 1.82) is 0 Å². The van der Waals surface area contributed by atoms with Gasteiger partial charge in [-0.25, -0.2) is 4.79 Å². The Morgan fingerprint density at radius 1 is 1.12 bits per heavy atom. The van der Waals surface area contributed by atoms with Crippen molar-refractivity contribution < 1.29 is 19.1 Å². The lowest BCUT2D eigenvalue weighted by atomic mass is 9.81. The molecule has 6 nitrogen and oxygen atoms in total. The SMILES string of the molecule is CCN(CC)C(=O)C1CC=CCC1C(=O)Nc1cccc(C(=O)OC)c1. The summed E-state index contributed by atoms with van der Waals surface area (Å²) in [5, 5.41) is 2.84. The molecule has 0 aliphatic heterocycles. The molecule has 0 heterocycles. The van der Waals surface area contributed by atoms with Crippen LogP contribution in [0.5, 0.6) is 0 Å². The lowest BCUT2D eigenvalue weighted by molar-refractivity contribution is -0.140. The molecular formula is C20H26N2O4. The Bertz CT molecular complexity index is 695. The lowest BCUT2D eigenvalue weighted by Gasteiger charge is -2.31. The highest BCUT2D eigenvalue weighted by molar-refractivity contribution is 5.98. The summed E-state index contributed by atoms with van der Waals surface area (Å²) >= 11 is 0. The van der Waals surface area contributed by atoms with Crippen LogP contribution in [0.2, 0.25) is 0 Å². The van der Waals surface area contributed by atoms with Crippen LogP contribution in [0.25, 0.3) is 0 Å². The van der Waals surface area contributed by atoms with Gasteiger partial charge in [0, 0.05) is 18.8 Å². The fraction of sp³-hybridized carbons (Fsp3) is 0.450. The van der Waals surface area contributed by atoms with Crippen molar-refractivity contribution >= 4 is 23.5 Å². The van der Waals surface area contributed by atoms with Crippen LogP contribution in [0, 0.1) is 11.8 Å². The van der Waals surface area contributed by atoms with Gasteiger partial charge in [0.25, 0.3) is 0 Å². The average molecular weight is 358 g/mol. The molecule has 1 N–H and O–H groups in total. The summed E-state index contributed by atoms with van der Waals surface area (Å²) < 4.78 is 4.70. The highest BCUT2D eigenvalue weighted by Gasteiger charge is 2.35. The maximum absolute atomic E-state index is 12.8. The predicted molar refractivity (Wildman–Crippen MR) is 99.7 cm³/mol. The minimum Gasteiger partial charge on any atom is -0.465 e. The number of benzene rings is 1. The number of esters is 1. The van der Waals surface area contributed by atoms with Crippen molar-refractivity contribution in [3.05, 3.63) is 42.0 Å². The normalized spacial score (nSPS) is 18.9. The first-order valence-corrected chi connectivity index (χ1v) is 8.94. The molecule has 1 aliphatic carbocycles. The van der Waals surface area contributed by atoms with E-state index in [0.29, 0.717) is 37.2 Å². The van der Waals surface area contributed by atoms with Gasteiger partial charge < -0.3 is 15.0 Å². The molecule has 1 aromatic carbocycles. The standard InChI is InChI=1S/C20H26N2O4/c1-4-22(5-2)19(24)17-12-7-6-11-16(17)18(23)21-15-10-8-9-14(13-15)20(25)26-3/h6-10,13,16-17H,4-5,11-12H2,1-3H3,(H,21,23). The second-order valence-electron chi connectivity index (χ2n) is 6.23. The van der Waals surface area contributed by atoms with Crippen LogP contribution in [0.3, 0.4) is 0 Å². The Morgan fingerprint density at radius 3 is 2.38 bits per heavy atom. The fourth-order valence-corrected chi connectivity index (χ4v) is 3.22. The van der Waals surface area contributed by atoms with E-state index in [0.717, 1.165) is 0 Å². The van der Waals surface area contributed by atoms with Crippen LogP contribution in [0.1, 0.15) is 37.0 Å². The van der Waals surface area contributed by atoms with Gasteiger partial charge >= 0.3 is 5.97 Å². The zero-order valence-electron chi connectivity index (χ0n) is 15.5. The molecule has 2 unspecified atom stereocenters. The molecule has 6 heteroatoms. The number of allylic oxidation sites excluding steroid dienone is 2. The van der Waals surface area contributed by atoms with E-state index in [1.54, 1.807) is 29.2 Å². The van der Waals surface area contributed by atoms with E-state index in [9.17, 15) is 14.4 Å². The van der Waals surface area contributed by atoms with E-state index in [1.165, 1.54) is 7.11 Å². The summed E-state index contributed by atoms with van der Waals surface area (Å²) in [6.45, 7) is 5.14. The Labute approximate surface area is 154 Å². The molecule has 0 aromatic heterocycles. The van der Waals surface area contributed by atoms with Crippen LogP contribution in [-0.4, -0.2) is 42.9 Å². The number of hydrogen-bond acceptors (Lipinski definition) is 4. The molecule has 0 saturated heterocycles. The van der Waals surface area contributed by atoms with E-state index in [-0.39, 0.29) is 17.7 Å². The molecule has 2 rings (SSSR count). The van der Waals surface area contributed by atoms with Crippen molar-refractivity contribution in [2.45, 2.75) is 26.7 Å². The first-order chi connectivity index (χ1) is 12.5. The van der Waals surface area contributed by atoms with Crippen LogP contribution >= 0.6 is 0 Å². The second-order valence-corrected chi connectivity index (χ2v) is 6.23. The van der Waals surface area contributed by atoms with Gasteiger partial charge in [0.15, 0.2) is 0 Å². The third-order valence-electron chi connectivity index (χ3n) is 4.71. The summed E-state index contributed by atoms with van der Waals surface area (Å²) in [6.07, 6.45) is 5.00. The van der Waals surface area contributed by atoms with Gasteiger partial charge in [0.05, 0.1) is 24.5 Å². The third-order valence-corrected chi connectivity index (χ3v) is 4.71. The first kappa shape index (κ1) is 19.7. The molecule has 2 amide bonds. The number of amides is 2. The quantitative estimate of drug-likeness (QED) is 0.627. The summed E-state index contributed by atoms with van der Waals surface area (Å²) in [6, 6.07) is 6.59. The van der Waals surface area contributed by atoms with Gasteiger partial charge in [-0.3, -0.25) is 9.59 Å². The van der Waals surface area contributed by atoms with Gasteiger partial charge in [-0.1, -0.05) is 18.2 Å². The number of hydrogen-bond donors (Lipinski definition) is 1. The monoisotopic (exact) mass is 358 g/mol. The molecule has 2 atom stereocenters. The highest BCUT2D eigenvalue weighted by Crippen LogP contribution is 2.29. The van der Waals surface area contributed by atoms with Crippen molar-refractivity contribution in [2.24, 2.45) is 11.8 Å². The Hall–Kier alpha value is -2.63. The largest absolute Gasteiger partial charge is 0.465 e. The zero-order chi connectivity index (χ0) is 19.1. The van der Waals surface area contributed by atoms with Gasteiger partial charge in [-0.05, 0) is 44.9 Å². The zero-order valence-corrected chi connectivity index (χ0v) is 15.5. The predicted octanol–water partition coefficient (Wildman–Crippen LogP) is 2.86. The number of rotatable bonds is 6. The van der Waals surface area contributed by atoms with E-state index in [2.05, 4.69) is 5.32 Å². The number of methoxy groups -OCH3 is 1. The number of ether oxygens (including phenoxy) is 1. The molecular weight excluding hydrogens is 332 g/mol. The maximum Gasteiger partial charge on any atom is 0.337 e. The van der Waals surface area contributed by atoms with E-state index in [1.807, 2.05) is 26.0 Å². The minimum absolute atomic E-state index is 0.0165. The van der Waals surface area contributed by atoms with Gasteiger partial charge in [0.1, 0.15) is 0 Å². The van der Waals surface area contributed by atoms with Gasteiger partial charge in [-0.15, -0.1) is 0 Å². The van der Waals surface area contributed by atoms with E-state index < -0.39 is 11.9 Å². The molecule has 0 fully saturated rings.